The van der Waals surface area contributed by atoms with Crippen molar-refractivity contribution >= 4 is 0 Å². The van der Waals surface area contributed by atoms with Gasteiger partial charge in [-0.25, -0.2) is 0 Å². The molecule has 0 aromatic carbocycles. The molecule has 2 rings (SSSR count). The minimum absolute atomic E-state index is 0.103. The van der Waals surface area contributed by atoms with E-state index in [1.54, 1.807) is 0 Å². The van der Waals surface area contributed by atoms with Crippen molar-refractivity contribution in [3.05, 3.63) is 0 Å². The minimum Gasteiger partial charge on any atom is -0.393 e. The molecule has 9 heavy (non-hydrogen) atoms. The maximum Gasteiger partial charge on any atom is 0.0891 e. The van der Waals surface area contributed by atoms with Crippen LogP contribution in [0.25, 0.3) is 0 Å². The Morgan fingerprint density at radius 2 is 2.22 bits per heavy atom. The Balaban J connectivity index is 2.02. The Morgan fingerprint density at radius 3 is 2.89 bits per heavy atom. The maximum atomic E-state index is 9.29. The molecule has 0 aromatic rings. The normalized spacial score (nSPS) is 56.7. The molecule has 52 valence electrons. The van der Waals surface area contributed by atoms with Gasteiger partial charge >= 0.3 is 0 Å². The predicted molar refractivity (Wildman–Crippen MR) is 33.1 cm³/mol. The van der Waals surface area contributed by atoms with Gasteiger partial charge in [0.2, 0.25) is 0 Å². The predicted octanol–water partition coefficient (Wildman–Crippen LogP) is 0.545. The van der Waals surface area contributed by atoms with E-state index in [1.807, 2.05) is 0 Å². The second-order valence-electron chi connectivity index (χ2n) is 3.14. The van der Waals surface area contributed by atoms with E-state index in [9.17, 15) is 5.11 Å². The third-order valence-electron chi connectivity index (χ3n) is 2.49. The van der Waals surface area contributed by atoms with Gasteiger partial charge in [0.05, 0.1) is 18.3 Å². The first-order chi connectivity index (χ1) is 4.29. The zero-order valence-corrected chi connectivity index (χ0v) is 5.58. The molecule has 1 saturated carbocycles. The number of epoxide rings is 1. The molecule has 1 saturated heterocycles. The topological polar surface area (TPSA) is 32.8 Å². The van der Waals surface area contributed by atoms with Gasteiger partial charge in [-0.05, 0) is 12.8 Å². The van der Waals surface area contributed by atoms with Gasteiger partial charge in [0.25, 0.3) is 0 Å². The molecule has 0 bridgehead atoms. The van der Waals surface area contributed by atoms with Gasteiger partial charge in [-0.1, -0.05) is 6.92 Å². The van der Waals surface area contributed by atoms with Crippen LogP contribution < -0.4 is 0 Å². The van der Waals surface area contributed by atoms with Gasteiger partial charge in [-0.15, -0.1) is 0 Å². The Morgan fingerprint density at radius 1 is 1.44 bits per heavy atom. The van der Waals surface area contributed by atoms with Crippen LogP contribution >= 0.6 is 0 Å². The van der Waals surface area contributed by atoms with Crippen LogP contribution in [0.15, 0.2) is 0 Å². The zero-order chi connectivity index (χ0) is 6.43. The molecule has 1 heterocycles. The summed E-state index contributed by atoms with van der Waals surface area (Å²) >= 11 is 0. The molecular formula is C7H12O2. The standard InChI is InChI=1S/C7H12O2/c1-4-5(8)2-3-6-7(4)9-6/h4-8H,2-3H2,1H3. The Bertz CT molecular complexity index is 122. The van der Waals surface area contributed by atoms with Crippen LogP contribution in [-0.4, -0.2) is 23.4 Å². The fourth-order valence-corrected chi connectivity index (χ4v) is 1.67. The van der Waals surface area contributed by atoms with Crippen molar-refractivity contribution in [3.63, 3.8) is 0 Å². The van der Waals surface area contributed by atoms with Crippen molar-refractivity contribution in [2.45, 2.75) is 38.1 Å². The molecule has 4 unspecified atom stereocenters. The van der Waals surface area contributed by atoms with Crippen LogP contribution in [0.3, 0.4) is 0 Å². The van der Waals surface area contributed by atoms with Crippen molar-refractivity contribution in [1.82, 2.24) is 0 Å². The Hall–Kier alpha value is -0.0800. The monoisotopic (exact) mass is 128 g/mol. The summed E-state index contributed by atoms with van der Waals surface area (Å²) in [7, 11) is 0. The van der Waals surface area contributed by atoms with Gasteiger partial charge in [-0.2, -0.15) is 0 Å². The number of ether oxygens (including phenoxy) is 1. The summed E-state index contributed by atoms with van der Waals surface area (Å²) in [6, 6.07) is 0. The van der Waals surface area contributed by atoms with Crippen molar-refractivity contribution in [1.29, 1.82) is 0 Å². The summed E-state index contributed by atoms with van der Waals surface area (Å²) in [5.41, 5.74) is 0. The SMILES string of the molecule is CC1C(O)CCC2OC21. The second kappa shape index (κ2) is 1.70. The third kappa shape index (κ3) is 0.775. The number of aliphatic hydroxyl groups is 1. The molecule has 2 aliphatic rings. The van der Waals surface area contributed by atoms with Crippen LogP contribution in [-0.2, 0) is 4.74 Å². The van der Waals surface area contributed by atoms with Crippen molar-refractivity contribution < 1.29 is 9.84 Å². The van der Waals surface area contributed by atoms with E-state index in [0.717, 1.165) is 12.8 Å². The Labute approximate surface area is 54.8 Å². The van der Waals surface area contributed by atoms with E-state index in [-0.39, 0.29) is 6.10 Å². The molecule has 0 spiro atoms. The molecule has 0 amide bonds. The van der Waals surface area contributed by atoms with Crippen LogP contribution in [0.5, 0.6) is 0 Å². The first-order valence-corrected chi connectivity index (χ1v) is 3.62. The highest BCUT2D eigenvalue weighted by Crippen LogP contribution is 2.40. The molecular weight excluding hydrogens is 116 g/mol. The molecule has 1 aliphatic heterocycles. The lowest BCUT2D eigenvalue weighted by molar-refractivity contribution is 0.0866. The number of fused-ring (bicyclic) bond motifs is 1. The van der Waals surface area contributed by atoms with Gasteiger partial charge < -0.3 is 9.84 Å². The number of hydrogen-bond acceptors (Lipinski definition) is 2. The van der Waals surface area contributed by atoms with Crippen molar-refractivity contribution in [3.8, 4) is 0 Å². The zero-order valence-electron chi connectivity index (χ0n) is 5.58. The van der Waals surface area contributed by atoms with E-state index in [2.05, 4.69) is 6.92 Å². The third-order valence-corrected chi connectivity index (χ3v) is 2.49. The first-order valence-electron chi connectivity index (χ1n) is 3.62. The largest absolute Gasteiger partial charge is 0.393 e. The fourth-order valence-electron chi connectivity index (χ4n) is 1.67. The summed E-state index contributed by atoms with van der Waals surface area (Å²) in [4.78, 5) is 0. The minimum atomic E-state index is -0.103. The first kappa shape index (κ1) is 5.69. The molecule has 0 aromatic heterocycles. The van der Waals surface area contributed by atoms with Gasteiger partial charge in [-0.3, -0.25) is 0 Å². The molecule has 2 heteroatoms. The highest BCUT2D eigenvalue weighted by Gasteiger charge is 2.48. The molecule has 2 fully saturated rings. The van der Waals surface area contributed by atoms with Crippen LogP contribution in [0.1, 0.15) is 19.8 Å². The smallest absolute Gasteiger partial charge is 0.0891 e. The van der Waals surface area contributed by atoms with E-state index >= 15 is 0 Å². The molecule has 1 N–H and O–H groups in total. The highest BCUT2D eigenvalue weighted by atomic mass is 16.6. The van der Waals surface area contributed by atoms with E-state index < -0.39 is 0 Å². The van der Waals surface area contributed by atoms with Crippen LogP contribution in [0.2, 0.25) is 0 Å². The molecule has 2 nitrogen and oxygen atoms in total. The number of aliphatic hydroxyl groups excluding tert-OH is 1. The van der Waals surface area contributed by atoms with E-state index in [1.165, 1.54) is 0 Å². The van der Waals surface area contributed by atoms with Crippen LogP contribution in [0, 0.1) is 5.92 Å². The van der Waals surface area contributed by atoms with Gasteiger partial charge in [0.1, 0.15) is 0 Å². The maximum absolute atomic E-state index is 9.29. The summed E-state index contributed by atoms with van der Waals surface area (Å²) in [6.07, 6.45) is 2.80. The summed E-state index contributed by atoms with van der Waals surface area (Å²) < 4.78 is 5.30. The average molecular weight is 128 g/mol. The van der Waals surface area contributed by atoms with E-state index in [0.29, 0.717) is 18.1 Å². The van der Waals surface area contributed by atoms with Crippen molar-refractivity contribution in [2.75, 3.05) is 0 Å². The summed E-state index contributed by atoms with van der Waals surface area (Å²) in [5, 5.41) is 9.29. The highest BCUT2D eigenvalue weighted by molar-refractivity contribution is 4.96. The van der Waals surface area contributed by atoms with Crippen LogP contribution in [0.4, 0.5) is 0 Å². The van der Waals surface area contributed by atoms with Gasteiger partial charge in [0, 0.05) is 5.92 Å². The lowest BCUT2D eigenvalue weighted by atomic mass is 9.88. The molecule has 4 atom stereocenters. The summed E-state index contributed by atoms with van der Waals surface area (Å²) in [5.74, 6) is 0.378. The fraction of sp³-hybridized carbons (Fsp3) is 1.00. The van der Waals surface area contributed by atoms with Crippen molar-refractivity contribution in [2.24, 2.45) is 5.92 Å². The lowest BCUT2D eigenvalue weighted by Crippen LogP contribution is -2.28. The number of hydrogen-bond donors (Lipinski definition) is 1. The second-order valence-corrected chi connectivity index (χ2v) is 3.14. The quantitative estimate of drug-likeness (QED) is 0.483. The Kier molecular flexibility index (Phi) is 1.08. The molecule has 0 radical (unpaired) electrons. The average Bonchev–Trinajstić information content (AvgIpc) is 2.58. The lowest BCUT2D eigenvalue weighted by Gasteiger charge is -2.19. The number of rotatable bonds is 0. The van der Waals surface area contributed by atoms with E-state index in [4.69, 9.17) is 4.74 Å². The van der Waals surface area contributed by atoms with Gasteiger partial charge in [0.15, 0.2) is 0 Å². The molecule has 1 aliphatic carbocycles. The summed E-state index contributed by atoms with van der Waals surface area (Å²) in [6.45, 7) is 2.06.